The zero-order valence-electron chi connectivity index (χ0n) is 19.4. The molecule has 0 radical (unpaired) electrons. The van der Waals surface area contributed by atoms with Crippen molar-refractivity contribution in [2.75, 3.05) is 21.5 Å². The molecule has 5 rings (SSSR count). The Labute approximate surface area is 214 Å². The summed E-state index contributed by atoms with van der Waals surface area (Å²) in [5.74, 6) is -0.242. The largest absolute Gasteiger partial charge is 0.351 e. The second kappa shape index (κ2) is 9.48. The van der Waals surface area contributed by atoms with Crippen molar-refractivity contribution < 1.29 is 18.0 Å². The van der Waals surface area contributed by atoms with Gasteiger partial charge < -0.3 is 10.6 Å². The highest BCUT2D eigenvalue weighted by Crippen LogP contribution is 2.39. The summed E-state index contributed by atoms with van der Waals surface area (Å²) in [6.07, 6.45) is 1.44. The Hall–Kier alpha value is -3.56. The average molecular weight is 525 g/mol. The molecule has 3 aromatic carbocycles. The van der Waals surface area contributed by atoms with E-state index in [2.05, 4.69) is 0 Å². The number of halogens is 1. The number of rotatable bonds is 4. The number of fused-ring (bicyclic) bond motifs is 1. The molecule has 2 aliphatic rings. The minimum absolute atomic E-state index is 0.119. The maximum atomic E-state index is 14.1. The van der Waals surface area contributed by atoms with Gasteiger partial charge in [-0.3, -0.25) is 14.0 Å². The van der Waals surface area contributed by atoms with Gasteiger partial charge in [0.15, 0.2) is 0 Å². The van der Waals surface area contributed by atoms with Crippen molar-refractivity contribution in [1.29, 1.82) is 0 Å². The summed E-state index contributed by atoms with van der Waals surface area (Å²) in [6, 6.07) is 19.4. The topological polar surface area (TPSA) is 104 Å². The zero-order valence-corrected chi connectivity index (χ0v) is 21.0. The fraction of sp³-hybridized carbons (Fsp3) is 0.231. The number of nitrogens with zero attached hydrogens (tertiary/aromatic N) is 3. The Bertz CT molecular complexity index is 1410. The van der Waals surface area contributed by atoms with Crippen LogP contribution >= 0.6 is 11.6 Å². The van der Waals surface area contributed by atoms with Crippen molar-refractivity contribution in [1.82, 2.24) is 4.90 Å². The van der Waals surface area contributed by atoms with Gasteiger partial charge in [0.1, 0.15) is 6.04 Å². The van der Waals surface area contributed by atoms with Crippen molar-refractivity contribution in [3.8, 4) is 0 Å². The molecule has 0 spiro atoms. The first-order valence-corrected chi connectivity index (χ1v) is 13.6. The van der Waals surface area contributed by atoms with Crippen LogP contribution < -0.4 is 14.9 Å². The van der Waals surface area contributed by atoms with Gasteiger partial charge in [0.2, 0.25) is 10.0 Å². The number of hydrogen-bond acceptors (Lipinski definition) is 4. The highest BCUT2D eigenvalue weighted by atomic mass is 35.5. The number of carbonyl (C=O) groups is 2. The molecule has 36 heavy (non-hydrogen) atoms. The summed E-state index contributed by atoms with van der Waals surface area (Å²) in [5.41, 5.74) is 8.87. The normalized spacial score (nSPS) is 18.5. The van der Waals surface area contributed by atoms with Crippen LogP contribution in [-0.4, -0.2) is 37.6 Å². The second-order valence-corrected chi connectivity index (χ2v) is 11.3. The van der Waals surface area contributed by atoms with Gasteiger partial charge in [-0.15, -0.1) is 0 Å². The maximum Gasteiger partial charge on any atom is 0.316 e. The molecule has 1 saturated heterocycles. The van der Waals surface area contributed by atoms with Gasteiger partial charge in [-0.25, -0.2) is 13.2 Å². The van der Waals surface area contributed by atoms with Gasteiger partial charge in [-0.1, -0.05) is 35.9 Å². The van der Waals surface area contributed by atoms with Crippen LogP contribution in [0.25, 0.3) is 0 Å². The lowest BCUT2D eigenvalue weighted by atomic mass is 10.0. The van der Waals surface area contributed by atoms with E-state index in [0.29, 0.717) is 35.1 Å². The van der Waals surface area contributed by atoms with E-state index in [1.165, 1.54) is 14.1 Å². The Kier molecular flexibility index (Phi) is 6.36. The molecule has 0 aliphatic carbocycles. The Morgan fingerprint density at radius 1 is 0.917 bits per heavy atom. The molecule has 8 nitrogen and oxygen atoms in total. The number of sulfonamides is 1. The van der Waals surface area contributed by atoms with Crippen LogP contribution in [-0.2, 0) is 21.4 Å². The first-order chi connectivity index (χ1) is 17.3. The highest BCUT2D eigenvalue weighted by Gasteiger charge is 2.40. The van der Waals surface area contributed by atoms with Gasteiger partial charge in [0.05, 0.1) is 11.4 Å². The zero-order chi connectivity index (χ0) is 25.4. The number of hydrogen-bond donors (Lipinski definition) is 1. The van der Waals surface area contributed by atoms with E-state index >= 15 is 0 Å². The number of primary amides is 1. The average Bonchev–Trinajstić information content (AvgIpc) is 3.26. The highest BCUT2D eigenvalue weighted by molar-refractivity contribution is 7.92. The first kappa shape index (κ1) is 24.1. The third kappa shape index (κ3) is 4.40. The summed E-state index contributed by atoms with van der Waals surface area (Å²) < 4.78 is 26.5. The van der Waals surface area contributed by atoms with E-state index in [9.17, 15) is 18.0 Å². The molecule has 3 aromatic rings. The van der Waals surface area contributed by atoms with Gasteiger partial charge in [-0.05, 0) is 72.5 Å². The Morgan fingerprint density at radius 2 is 1.56 bits per heavy atom. The molecule has 1 unspecified atom stereocenters. The molecule has 1 fully saturated rings. The first-order valence-electron chi connectivity index (χ1n) is 11.6. The molecule has 10 heteroatoms. The predicted octanol–water partition coefficient (Wildman–Crippen LogP) is 4.57. The number of amides is 3. The Morgan fingerprint density at radius 3 is 2.19 bits per heavy atom. The van der Waals surface area contributed by atoms with Crippen molar-refractivity contribution in [2.45, 2.75) is 25.4 Å². The molecular formula is C26H25ClN4O4S. The van der Waals surface area contributed by atoms with Crippen LogP contribution in [0.4, 0.5) is 21.9 Å². The third-order valence-electron chi connectivity index (χ3n) is 6.57. The molecule has 186 valence electrons. The summed E-state index contributed by atoms with van der Waals surface area (Å²) in [7, 11) is -3.37. The minimum Gasteiger partial charge on any atom is -0.351 e. The van der Waals surface area contributed by atoms with Crippen molar-refractivity contribution >= 4 is 50.6 Å². The molecule has 2 aliphatic heterocycles. The summed E-state index contributed by atoms with van der Waals surface area (Å²) >= 11 is 6.10. The summed E-state index contributed by atoms with van der Waals surface area (Å²) in [5, 5.41) is 0.516. The number of nitrogens with two attached hydrogens (primary N) is 1. The predicted molar refractivity (Wildman–Crippen MR) is 140 cm³/mol. The van der Waals surface area contributed by atoms with Crippen LogP contribution in [0, 0.1) is 0 Å². The molecule has 3 amide bonds. The van der Waals surface area contributed by atoms with E-state index in [-0.39, 0.29) is 18.2 Å². The second-order valence-electron chi connectivity index (χ2n) is 8.83. The van der Waals surface area contributed by atoms with E-state index in [0.717, 1.165) is 17.5 Å². The fourth-order valence-electron chi connectivity index (χ4n) is 4.82. The van der Waals surface area contributed by atoms with E-state index in [1.807, 2.05) is 24.3 Å². The van der Waals surface area contributed by atoms with Crippen LogP contribution in [0.5, 0.6) is 0 Å². The number of anilines is 3. The molecule has 0 bridgehead atoms. The van der Waals surface area contributed by atoms with Crippen LogP contribution in [0.2, 0.25) is 5.02 Å². The van der Waals surface area contributed by atoms with Crippen LogP contribution in [0.3, 0.4) is 0 Å². The molecule has 2 heterocycles. The van der Waals surface area contributed by atoms with Crippen LogP contribution in [0.15, 0.2) is 72.8 Å². The molecular weight excluding hydrogens is 500 g/mol. The minimum atomic E-state index is -3.37. The smallest absolute Gasteiger partial charge is 0.316 e. The SMILES string of the molecule is NC(=O)N1Cc2ccccc2C1C(=O)N(c1ccc(Cl)cc1)c1ccc(N2CCCCS2(=O)=O)cc1. The quantitative estimate of drug-likeness (QED) is 0.539. The van der Waals surface area contributed by atoms with Crippen molar-refractivity contribution in [3.05, 3.63) is 88.9 Å². The van der Waals surface area contributed by atoms with Gasteiger partial charge >= 0.3 is 6.03 Å². The molecule has 1 atom stereocenters. The standard InChI is InChI=1S/C26H25ClN4O4S/c27-19-7-9-21(10-8-19)31(22-13-11-20(12-14-22)30-15-3-4-16-36(30,34)35)25(32)24-23-6-2-1-5-18(23)17-29(24)26(28)33/h1-2,5-14,24H,3-4,15-17H2,(H2,28,33). The summed E-state index contributed by atoms with van der Waals surface area (Å²) in [4.78, 5) is 29.3. The number of urea groups is 1. The van der Waals surface area contributed by atoms with Gasteiger partial charge in [0.25, 0.3) is 5.91 Å². The lowest BCUT2D eigenvalue weighted by Gasteiger charge is -2.31. The maximum absolute atomic E-state index is 14.1. The fourth-order valence-corrected chi connectivity index (χ4v) is 6.59. The van der Waals surface area contributed by atoms with Crippen molar-refractivity contribution in [3.63, 3.8) is 0 Å². The number of carbonyl (C=O) groups excluding carboxylic acids is 2. The molecule has 2 N–H and O–H groups in total. The lowest BCUT2D eigenvalue weighted by Crippen LogP contribution is -2.42. The number of benzene rings is 3. The molecule has 0 aromatic heterocycles. The van der Waals surface area contributed by atoms with Crippen LogP contribution in [0.1, 0.15) is 30.0 Å². The third-order valence-corrected chi connectivity index (χ3v) is 8.69. The summed E-state index contributed by atoms with van der Waals surface area (Å²) in [6.45, 7) is 0.663. The van der Waals surface area contributed by atoms with Gasteiger partial charge in [-0.2, -0.15) is 0 Å². The van der Waals surface area contributed by atoms with E-state index in [1.54, 1.807) is 48.5 Å². The van der Waals surface area contributed by atoms with Gasteiger partial charge in [0, 0.05) is 29.5 Å². The monoisotopic (exact) mass is 524 g/mol. The molecule has 0 saturated carbocycles. The van der Waals surface area contributed by atoms with E-state index in [4.69, 9.17) is 17.3 Å². The Balaban J connectivity index is 1.56. The lowest BCUT2D eigenvalue weighted by molar-refractivity contribution is -0.122. The van der Waals surface area contributed by atoms with Crippen molar-refractivity contribution in [2.24, 2.45) is 5.73 Å². The van der Waals surface area contributed by atoms with E-state index < -0.39 is 22.1 Å².